The second kappa shape index (κ2) is 8.55. The quantitative estimate of drug-likeness (QED) is 0.748. The first-order valence-electron chi connectivity index (χ1n) is 8.62. The van der Waals surface area contributed by atoms with Crippen LogP contribution >= 0.6 is 0 Å². The van der Waals surface area contributed by atoms with E-state index in [1.165, 1.54) is 23.8 Å². The molecule has 142 valence electrons. The molecular weight excluding hydrogens is 339 g/mol. The van der Waals surface area contributed by atoms with Crippen molar-refractivity contribution in [2.75, 3.05) is 24.3 Å². The van der Waals surface area contributed by atoms with Crippen molar-refractivity contribution >= 4 is 11.5 Å². The van der Waals surface area contributed by atoms with E-state index >= 15 is 0 Å². The van der Waals surface area contributed by atoms with E-state index in [0.29, 0.717) is 18.7 Å². The topological polar surface area (TPSA) is 93.3 Å². The van der Waals surface area contributed by atoms with E-state index < -0.39 is 17.1 Å². The number of nitrogens with zero attached hydrogens (tertiary/aromatic N) is 2. The van der Waals surface area contributed by atoms with Crippen molar-refractivity contribution in [2.24, 2.45) is 0 Å². The summed E-state index contributed by atoms with van der Waals surface area (Å²) in [6.45, 7) is 5.04. The van der Waals surface area contributed by atoms with Gasteiger partial charge in [0, 0.05) is 19.6 Å². The average molecular weight is 364 g/mol. The van der Waals surface area contributed by atoms with Gasteiger partial charge in [-0.15, -0.1) is 0 Å². The molecule has 0 saturated carbocycles. The number of rotatable bonds is 8. The van der Waals surface area contributed by atoms with Crippen LogP contribution in [0, 0.1) is 5.82 Å². The van der Waals surface area contributed by atoms with Gasteiger partial charge in [-0.2, -0.15) is 0 Å². The maximum atomic E-state index is 13.9. The summed E-state index contributed by atoms with van der Waals surface area (Å²) < 4.78 is 20.2. The molecule has 1 aromatic carbocycles. The molecule has 0 saturated heterocycles. The number of halogens is 1. The van der Waals surface area contributed by atoms with Gasteiger partial charge in [-0.25, -0.2) is 9.18 Å². The number of aromatic amines is 1. The number of aromatic nitrogens is 2. The minimum Gasteiger partial charge on any atom is -0.494 e. The number of anilines is 2. The van der Waals surface area contributed by atoms with Crippen molar-refractivity contribution in [2.45, 2.75) is 39.8 Å². The van der Waals surface area contributed by atoms with Gasteiger partial charge in [-0.3, -0.25) is 14.3 Å². The SMILES string of the molecule is CCCCn1c(N)c(N(CC)Cc2ccc(OC)c(F)c2)c(=O)[nH]c1=O. The minimum absolute atomic E-state index is 0.128. The molecule has 0 atom stereocenters. The van der Waals surface area contributed by atoms with Gasteiger partial charge in [0.1, 0.15) is 11.5 Å². The molecule has 0 aliphatic heterocycles. The number of benzene rings is 1. The lowest BCUT2D eigenvalue weighted by Gasteiger charge is -2.25. The Morgan fingerprint density at radius 2 is 2.04 bits per heavy atom. The predicted octanol–water partition coefficient (Wildman–Crippen LogP) is 2.09. The van der Waals surface area contributed by atoms with E-state index in [2.05, 4.69) is 4.98 Å². The molecule has 0 fully saturated rings. The fourth-order valence-electron chi connectivity index (χ4n) is 2.80. The minimum atomic E-state index is -0.545. The van der Waals surface area contributed by atoms with Gasteiger partial charge in [-0.1, -0.05) is 19.4 Å². The number of nitrogens with two attached hydrogens (primary N) is 1. The summed E-state index contributed by atoms with van der Waals surface area (Å²) in [5, 5.41) is 0. The molecule has 0 bridgehead atoms. The molecule has 0 spiro atoms. The van der Waals surface area contributed by atoms with Gasteiger partial charge in [0.15, 0.2) is 11.6 Å². The summed E-state index contributed by atoms with van der Waals surface area (Å²) >= 11 is 0. The number of nitrogen functional groups attached to an aromatic ring is 1. The Kier molecular flexibility index (Phi) is 6.43. The van der Waals surface area contributed by atoms with Crippen LogP contribution in [0.1, 0.15) is 32.3 Å². The standard InChI is InChI=1S/C18H25FN4O3/c1-4-6-9-23-16(20)15(17(24)21-18(23)25)22(5-2)11-12-7-8-14(26-3)13(19)10-12/h7-8,10H,4-6,9,11,20H2,1-3H3,(H,21,24,25). The summed E-state index contributed by atoms with van der Waals surface area (Å²) in [4.78, 5) is 28.5. The molecule has 8 heteroatoms. The molecule has 0 aliphatic carbocycles. The highest BCUT2D eigenvalue weighted by molar-refractivity contribution is 5.62. The van der Waals surface area contributed by atoms with E-state index in [1.54, 1.807) is 11.0 Å². The largest absolute Gasteiger partial charge is 0.494 e. The molecule has 0 amide bonds. The zero-order valence-electron chi connectivity index (χ0n) is 15.3. The lowest BCUT2D eigenvalue weighted by atomic mass is 10.2. The van der Waals surface area contributed by atoms with E-state index in [1.807, 2.05) is 13.8 Å². The number of methoxy groups -OCH3 is 1. The lowest BCUT2D eigenvalue weighted by Crippen LogP contribution is -2.38. The fraction of sp³-hybridized carbons (Fsp3) is 0.444. The first-order valence-corrected chi connectivity index (χ1v) is 8.62. The van der Waals surface area contributed by atoms with Crippen molar-refractivity contribution < 1.29 is 9.13 Å². The average Bonchev–Trinajstić information content (AvgIpc) is 2.60. The molecule has 2 aromatic rings. The molecule has 26 heavy (non-hydrogen) atoms. The van der Waals surface area contributed by atoms with Crippen molar-refractivity contribution in [3.63, 3.8) is 0 Å². The van der Waals surface area contributed by atoms with Crippen LogP contribution in [0.4, 0.5) is 15.9 Å². The van der Waals surface area contributed by atoms with Crippen molar-refractivity contribution in [3.05, 3.63) is 50.4 Å². The molecule has 1 aromatic heterocycles. The number of hydrogen-bond acceptors (Lipinski definition) is 5. The van der Waals surface area contributed by atoms with Gasteiger partial charge in [0.2, 0.25) is 0 Å². The van der Waals surface area contributed by atoms with Crippen molar-refractivity contribution in [1.82, 2.24) is 9.55 Å². The second-order valence-electron chi connectivity index (χ2n) is 5.98. The van der Waals surface area contributed by atoms with Crippen LogP contribution in [0.3, 0.4) is 0 Å². The van der Waals surface area contributed by atoms with Crippen LogP contribution < -0.4 is 26.6 Å². The smallest absolute Gasteiger partial charge is 0.330 e. The van der Waals surface area contributed by atoms with Crippen LogP contribution in [-0.2, 0) is 13.1 Å². The molecule has 7 nitrogen and oxygen atoms in total. The normalized spacial score (nSPS) is 10.8. The van der Waals surface area contributed by atoms with E-state index in [-0.39, 0.29) is 23.8 Å². The predicted molar refractivity (Wildman–Crippen MR) is 100 cm³/mol. The Balaban J connectivity index is 2.42. The molecule has 0 aliphatic rings. The summed E-state index contributed by atoms with van der Waals surface area (Å²) in [5.41, 5.74) is 5.96. The van der Waals surface area contributed by atoms with Gasteiger partial charge >= 0.3 is 5.69 Å². The second-order valence-corrected chi connectivity index (χ2v) is 5.98. The molecule has 1 heterocycles. The summed E-state index contributed by atoms with van der Waals surface area (Å²) in [6.07, 6.45) is 1.66. The molecule has 3 N–H and O–H groups in total. The Morgan fingerprint density at radius 1 is 1.31 bits per heavy atom. The highest BCUT2D eigenvalue weighted by Gasteiger charge is 2.18. The fourth-order valence-corrected chi connectivity index (χ4v) is 2.80. The summed E-state index contributed by atoms with van der Waals surface area (Å²) in [6, 6.07) is 4.62. The van der Waals surface area contributed by atoms with Gasteiger partial charge in [0.05, 0.1) is 7.11 Å². The Labute approximate surface area is 151 Å². The third kappa shape index (κ3) is 4.07. The van der Waals surface area contributed by atoms with Gasteiger partial charge in [-0.05, 0) is 31.0 Å². The van der Waals surface area contributed by atoms with Crippen molar-refractivity contribution in [1.29, 1.82) is 0 Å². The zero-order chi connectivity index (χ0) is 19.3. The number of ether oxygens (including phenoxy) is 1. The molecule has 0 radical (unpaired) electrons. The lowest BCUT2D eigenvalue weighted by molar-refractivity contribution is 0.386. The number of unbranched alkanes of at least 4 members (excludes halogenated alkanes) is 1. The third-order valence-electron chi connectivity index (χ3n) is 4.24. The molecule has 2 rings (SSSR count). The highest BCUT2D eigenvalue weighted by Crippen LogP contribution is 2.22. The number of H-pyrrole nitrogens is 1. The highest BCUT2D eigenvalue weighted by atomic mass is 19.1. The Hall–Kier alpha value is -2.77. The number of hydrogen-bond donors (Lipinski definition) is 2. The molecular formula is C18H25FN4O3. The van der Waals surface area contributed by atoms with Gasteiger partial charge < -0.3 is 15.4 Å². The Morgan fingerprint density at radius 3 is 2.62 bits per heavy atom. The number of nitrogens with one attached hydrogen (secondary N) is 1. The van der Waals surface area contributed by atoms with Gasteiger partial charge in [0.25, 0.3) is 5.56 Å². The maximum Gasteiger partial charge on any atom is 0.330 e. The summed E-state index contributed by atoms with van der Waals surface area (Å²) in [5.74, 6) is -0.193. The van der Waals surface area contributed by atoms with Crippen LogP contribution in [-0.4, -0.2) is 23.2 Å². The van der Waals surface area contributed by atoms with Crippen LogP contribution in [0.2, 0.25) is 0 Å². The zero-order valence-corrected chi connectivity index (χ0v) is 15.3. The third-order valence-corrected chi connectivity index (χ3v) is 4.24. The van der Waals surface area contributed by atoms with E-state index in [4.69, 9.17) is 10.5 Å². The van der Waals surface area contributed by atoms with E-state index in [0.717, 1.165) is 12.8 Å². The van der Waals surface area contributed by atoms with Crippen LogP contribution in [0.5, 0.6) is 5.75 Å². The summed E-state index contributed by atoms with van der Waals surface area (Å²) in [7, 11) is 1.40. The first kappa shape index (κ1) is 19.6. The monoisotopic (exact) mass is 364 g/mol. The molecule has 0 unspecified atom stereocenters. The van der Waals surface area contributed by atoms with E-state index in [9.17, 15) is 14.0 Å². The first-order chi connectivity index (χ1) is 12.4. The van der Waals surface area contributed by atoms with Crippen LogP contribution in [0.15, 0.2) is 27.8 Å². The van der Waals surface area contributed by atoms with Crippen LogP contribution in [0.25, 0.3) is 0 Å². The maximum absolute atomic E-state index is 13.9. The van der Waals surface area contributed by atoms with Crippen molar-refractivity contribution in [3.8, 4) is 5.75 Å². The Bertz CT molecular complexity index is 876.